The number of carbonyl (C=O) groups excluding carboxylic acids is 1. The molecule has 0 aliphatic heterocycles. The Morgan fingerprint density at radius 2 is 2.04 bits per heavy atom. The molecule has 0 spiro atoms. The number of amides is 1. The summed E-state index contributed by atoms with van der Waals surface area (Å²) in [6.45, 7) is 2.35. The van der Waals surface area contributed by atoms with Gasteiger partial charge in [-0.15, -0.1) is 10.2 Å². The van der Waals surface area contributed by atoms with Crippen molar-refractivity contribution in [2.45, 2.75) is 25.0 Å². The predicted molar refractivity (Wildman–Crippen MR) is 112 cm³/mol. The Bertz CT molecular complexity index is 961. The van der Waals surface area contributed by atoms with E-state index in [1.165, 1.54) is 0 Å². The van der Waals surface area contributed by atoms with Crippen LogP contribution in [-0.4, -0.2) is 33.5 Å². The van der Waals surface area contributed by atoms with Crippen LogP contribution in [0.2, 0.25) is 5.02 Å². The number of carbonyl (C=O) groups is 1. The molecule has 146 valence electrons. The van der Waals surface area contributed by atoms with Crippen molar-refractivity contribution in [1.82, 2.24) is 20.1 Å². The minimum absolute atomic E-state index is 0.206. The molecular weight excluding hydrogens is 396 g/mol. The monoisotopic (exact) mass is 416 g/mol. The lowest BCUT2D eigenvalue weighted by Gasteiger charge is -2.11. The molecule has 0 radical (unpaired) electrons. The van der Waals surface area contributed by atoms with Gasteiger partial charge < -0.3 is 10.1 Å². The molecule has 3 aromatic rings. The van der Waals surface area contributed by atoms with E-state index in [4.69, 9.17) is 16.3 Å². The van der Waals surface area contributed by atoms with E-state index in [-0.39, 0.29) is 12.5 Å². The minimum atomic E-state index is -0.206. The van der Waals surface area contributed by atoms with Crippen molar-refractivity contribution in [3.63, 3.8) is 0 Å². The summed E-state index contributed by atoms with van der Waals surface area (Å²) in [7, 11) is 1.57. The SMILES string of the molecule is CCCSc1nnc(CNC(=O)c2cccc(OC)c2)n1-c1cccc(Cl)c1. The van der Waals surface area contributed by atoms with E-state index in [0.29, 0.717) is 22.2 Å². The van der Waals surface area contributed by atoms with Gasteiger partial charge in [-0.1, -0.05) is 42.4 Å². The summed E-state index contributed by atoms with van der Waals surface area (Å²) in [5.41, 5.74) is 1.38. The van der Waals surface area contributed by atoms with Crippen molar-refractivity contribution in [2.24, 2.45) is 0 Å². The van der Waals surface area contributed by atoms with E-state index in [9.17, 15) is 4.79 Å². The third-order valence-electron chi connectivity index (χ3n) is 3.94. The van der Waals surface area contributed by atoms with Gasteiger partial charge in [0.05, 0.1) is 19.3 Å². The number of methoxy groups -OCH3 is 1. The van der Waals surface area contributed by atoms with Gasteiger partial charge in [0.15, 0.2) is 11.0 Å². The van der Waals surface area contributed by atoms with Crippen LogP contribution in [0.5, 0.6) is 5.75 Å². The quantitative estimate of drug-likeness (QED) is 0.552. The average molecular weight is 417 g/mol. The Morgan fingerprint density at radius 3 is 2.79 bits per heavy atom. The highest BCUT2D eigenvalue weighted by Gasteiger charge is 2.16. The Hall–Kier alpha value is -2.51. The molecule has 6 nitrogen and oxygen atoms in total. The minimum Gasteiger partial charge on any atom is -0.497 e. The third kappa shape index (κ3) is 4.85. The number of hydrogen-bond acceptors (Lipinski definition) is 5. The molecule has 0 atom stereocenters. The van der Waals surface area contributed by atoms with Gasteiger partial charge in [0.2, 0.25) is 0 Å². The van der Waals surface area contributed by atoms with E-state index < -0.39 is 0 Å². The number of ether oxygens (including phenoxy) is 1. The highest BCUT2D eigenvalue weighted by molar-refractivity contribution is 7.99. The molecular formula is C20H21ClN4O2S. The topological polar surface area (TPSA) is 69.0 Å². The summed E-state index contributed by atoms with van der Waals surface area (Å²) < 4.78 is 7.10. The summed E-state index contributed by atoms with van der Waals surface area (Å²) in [5.74, 6) is 1.99. The number of nitrogens with one attached hydrogen (secondary N) is 1. The summed E-state index contributed by atoms with van der Waals surface area (Å²) in [5, 5.41) is 12.9. The Labute approximate surface area is 173 Å². The number of aromatic nitrogens is 3. The molecule has 1 aromatic heterocycles. The zero-order chi connectivity index (χ0) is 19.9. The Balaban J connectivity index is 1.83. The van der Waals surface area contributed by atoms with Crippen molar-refractivity contribution in [3.05, 3.63) is 64.9 Å². The van der Waals surface area contributed by atoms with Gasteiger partial charge in [-0.05, 0) is 42.8 Å². The zero-order valence-electron chi connectivity index (χ0n) is 15.7. The fourth-order valence-electron chi connectivity index (χ4n) is 2.60. The molecule has 0 aliphatic carbocycles. The molecule has 0 unspecified atom stereocenters. The average Bonchev–Trinajstić information content (AvgIpc) is 3.13. The van der Waals surface area contributed by atoms with Crippen molar-refractivity contribution in [2.75, 3.05) is 12.9 Å². The molecule has 0 fully saturated rings. The lowest BCUT2D eigenvalue weighted by atomic mass is 10.2. The van der Waals surface area contributed by atoms with E-state index >= 15 is 0 Å². The first-order chi connectivity index (χ1) is 13.6. The molecule has 2 aromatic carbocycles. The highest BCUT2D eigenvalue weighted by Crippen LogP contribution is 2.24. The molecule has 0 bridgehead atoms. The van der Waals surface area contributed by atoms with Crippen LogP contribution in [0.4, 0.5) is 0 Å². The van der Waals surface area contributed by atoms with Crippen LogP contribution in [0, 0.1) is 0 Å². The number of benzene rings is 2. The van der Waals surface area contributed by atoms with E-state index in [1.807, 2.05) is 28.8 Å². The van der Waals surface area contributed by atoms with E-state index in [0.717, 1.165) is 23.0 Å². The van der Waals surface area contributed by atoms with Crippen molar-refractivity contribution < 1.29 is 9.53 Å². The Morgan fingerprint density at radius 1 is 1.21 bits per heavy atom. The number of hydrogen-bond donors (Lipinski definition) is 1. The molecule has 0 aliphatic rings. The van der Waals surface area contributed by atoms with Crippen molar-refractivity contribution in [1.29, 1.82) is 0 Å². The first-order valence-electron chi connectivity index (χ1n) is 8.87. The van der Waals surface area contributed by atoms with Gasteiger partial charge in [0.1, 0.15) is 5.75 Å². The van der Waals surface area contributed by atoms with Gasteiger partial charge in [-0.2, -0.15) is 0 Å². The summed E-state index contributed by atoms with van der Waals surface area (Å²) in [4.78, 5) is 12.5. The second-order valence-electron chi connectivity index (χ2n) is 5.98. The predicted octanol–water partition coefficient (Wildman–Crippen LogP) is 4.36. The van der Waals surface area contributed by atoms with Gasteiger partial charge in [0, 0.05) is 16.3 Å². The van der Waals surface area contributed by atoms with Crippen LogP contribution >= 0.6 is 23.4 Å². The maximum absolute atomic E-state index is 12.5. The van der Waals surface area contributed by atoms with Crippen LogP contribution in [0.1, 0.15) is 29.5 Å². The number of halogens is 1. The molecule has 0 saturated heterocycles. The van der Waals surface area contributed by atoms with Gasteiger partial charge in [-0.3, -0.25) is 9.36 Å². The second kappa shape index (κ2) is 9.61. The number of rotatable bonds is 8. The van der Waals surface area contributed by atoms with E-state index in [1.54, 1.807) is 43.1 Å². The second-order valence-corrected chi connectivity index (χ2v) is 7.48. The molecule has 1 heterocycles. The molecule has 3 rings (SSSR count). The number of nitrogens with zero attached hydrogens (tertiary/aromatic N) is 3. The molecule has 0 saturated carbocycles. The maximum atomic E-state index is 12.5. The van der Waals surface area contributed by atoms with Gasteiger partial charge in [0.25, 0.3) is 5.91 Å². The van der Waals surface area contributed by atoms with Crippen molar-refractivity contribution >= 4 is 29.3 Å². The fourth-order valence-corrected chi connectivity index (χ4v) is 3.61. The summed E-state index contributed by atoms with van der Waals surface area (Å²) >= 11 is 7.79. The first kappa shape index (κ1) is 20.2. The molecule has 28 heavy (non-hydrogen) atoms. The van der Waals surface area contributed by atoms with Crippen LogP contribution in [0.25, 0.3) is 5.69 Å². The standard InChI is InChI=1S/C20H21ClN4O2S/c1-3-10-28-20-24-23-18(25(20)16-8-5-7-15(21)12-16)13-22-19(26)14-6-4-9-17(11-14)27-2/h4-9,11-12H,3,10,13H2,1-2H3,(H,22,26). The third-order valence-corrected chi connectivity index (χ3v) is 5.31. The van der Waals surface area contributed by atoms with Gasteiger partial charge >= 0.3 is 0 Å². The highest BCUT2D eigenvalue weighted by atomic mass is 35.5. The van der Waals surface area contributed by atoms with Crippen LogP contribution < -0.4 is 10.1 Å². The van der Waals surface area contributed by atoms with Gasteiger partial charge in [-0.25, -0.2) is 0 Å². The van der Waals surface area contributed by atoms with Crippen molar-refractivity contribution in [3.8, 4) is 11.4 Å². The smallest absolute Gasteiger partial charge is 0.251 e. The first-order valence-corrected chi connectivity index (χ1v) is 10.2. The summed E-state index contributed by atoms with van der Waals surface area (Å²) in [6.07, 6.45) is 1.02. The maximum Gasteiger partial charge on any atom is 0.251 e. The summed E-state index contributed by atoms with van der Waals surface area (Å²) in [6, 6.07) is 14.5. The Kier molecular flexibility index (Phi) is 6.95. The lowest BCUT2D eigenvalue weighted by Crippen LogP contribution is -2.24. The largest absolute Gasteiger partial charge is 0.497 e. The normalized spacial score (nSPS) is 10.7. The molecule has 1 amide bonds. The van der Waals surface area contributed by atoms with Crippen LogP contribution in [0.15, 0.2) is 53.7 Å². The fraction of sp³-hybridized carbons (Fsp3) is 0.250. The molecule has 8 heteroatoms. The molecule has 1 N–H and O–H groups in total. The van der Waals surface area contributed by atoms with Crippen LogP contribution in [0.3, 0.4) is 0 Å². The van der Waals surface area contributed by atoms with E-state index in [2.05, 4.69) is 22.4 Å². The zero-order valence-corrected chi connectivity index (χ0v) is 17.3. The van der Waals surface area contributed by atoms with Crippen LogP contribution in [-0.2, 0) is 6.54 Å². The number of thioether (sulfide) groups is 1. The lowest BCUT2D eigenvalue weighted by molar-refractivity contribution is 0.0949.